The number of carbonyl (C=O) groups is 1. The Kier molecular flexibility index (Phi) is 4.51. The lowest BCUT2D eigenvalue weighted by Crippen LogP contribution is -2.62. The molecule has 1 amide bonds. The number of aliphatic hydroxyl groups is 1. The molecule has 6 heteroatoms. The lowest BCUT2D eigenvalue weighted by Gasteiger charge is -2.52. The molecule has 0 bridgehead atoms. The van der Waals surface area contributed by atoms with Crippen molar-refractivity contribution in [3.63, 3.8) is 0 Å². The number of benzene rings is 1. The van der Waals surface area contributed by atoms with Crippen LogP contribution in [0.4, 0.5) is 0 Å². The van der Waals surface area contributed by atoms with Gasteiger partial charge in [-0.2, -0.15) is 0 Å². The van der Waals surface area contributed by atoms with Crippen molar-refractivity contribution in [1.82, 2.24) is 5.32 Å². The Morgan fingerprint density at radius 3 is 2.68 bits per heavy atom. The molecule has 1 heterocycles. The molecule has 136 valence electrons. The zero-order chi connectivity index (χ0) is 18.4. The molecule has 0 radical (unpaired) electrons. The van der Waals surface area contributed by atoms with Crippen LogP contribution in [-0.2, 0) is 9.53 Å². The van der Waals surface area contributed by atoms with Gasteiger partial charge in [0.15, 0.2) is 11.5 Å². The van der Waals surface area contributed by atoms with Gasteiger partial charge in [-0.25, -0.2) is 0 Å². The van der Waals surface area contributed by atoms with E-state index in [0.717, 1.165) is 12.0 Å². The molecule has 5 atom stereocenters. The SMILES string of the molecule is CC(=O)N[C@]1(C)C[C@@H](c2ccc(O)c(O)c2)O[C@H]2[C@H](O)C(C)=CC[C@H]21. The van der Waals surface area contributed by atoms with Crippen LogP contribution in [0.1, 0.15) is 45.3 Å². The van der Waals surface area contributed by atoms with Crippen LogP contribution in [0.5, 0.6) is 11.5 Å². The number of allylic oxidation sites excluding steroid dienone is 1. The Balaban J connectivity index is 1.98. The van der Waals surface area contributed by atoms with Gasteiger partial charge in [-0.3, -0.25) is 4.79 Å². The van der Waals surface area contributed by atoms with Crippen LogP contribution >= 0.6 is 0 Å². The maximum atomic E-state index is 11.8. The highest BCUT2D eigenvalue weighted by atomic mass is 16.5. The van der Waals surface area contributed by atoms with Gasteiger partial charge in [0.2, 0.25) is 5.91 Å². The number of phenolic OH excluding ortho intramolecular Hbond substituents is 2. The fourth-order valence-electron chi connectivity index (χ4n) is 4.10. The van der Waals surface area contributed by atoms with Crippen LogP contribution in [0.3, 0.4) is 0 Å². The van der Waals surface area contributed by atoms with Crippen molar-refractivity contribution in [3.8, 4) is 11.5 Å². The van der Waals surface area contributed by atoms with E-state index in [2.05, 4.69) is 5.32 Å². The number of fused-ring (bicyclic) bond motifs is 1. The molecule has 1 aliphatic heterocycles. The number of ether oxygens (including phenoxy) is 1. The normalized spacial score (nSPS) is 34.8. The van der Waals surface area contributed by atoms with E-state index >= 15 is 0 Å². The molecule has 1 fully saturated rings. The van der Waals surface area contributed by atoms with E-state index in [9.17, 15) is 20.1 Å². The standard InChI is InChI=1S/C19H25NO5/c1-10-4-6-13-18(17(10)24)25-16(9-19(13,3)20-11(2)21)12-5-7-14(22)15(23)8-12/h4-5,7-8,13,16-18,22-24H,6,9H2,1-3H3,(H,20,21)/t13-,16+,17-,18-,19-/m1/s1. The number of hydrogen-bond acceptors (Lipinski definition) is 5. The van der Waals surface area contributed by atoms with Gasteiger partial charge in [0, 0.05) is 24.8 Å². The molecule has 1 saturated heterocycles. The summed E-state index contributed by atoms with van der Waals surface area (Å²) in [6.07, 6.45) is 1.64. The highest BCUT2D eigenvalue weighted by molar-refractivity contribution is 5.74. The summed E-state index contributed by atoms with van der Waals surface area (Å²) in [4.78, 5) is 11.8. The first-order valence-electron chi connectivity index (χ1n) is 8.52. The number of rotatable bonds is 2. The molecule has 3 rings (SSSR count). The quantitative estimate of drug-likeness (QED) is 0.485. The van der Waals surface area contributed by atoms with Crippen molar-refractivity contribution >= 4 is 5.91 Å². The molecule has 25 heavy (non-hydrogen) atoms. The number of aliphatic hydroxyl groups excluding tert-OH is 1. The summed E-state index contributed by atoms with van der Waals surface area (Å²) >= 11 is 0. The molecule has 1 aromatic carbocycles. The second kappa shape index (κ2) is 6.35. The van der Waals surface area contributed by atoms with E-state index in [-0.39, 0.29) is 23.3 Å². The van der Waals surface area contributed by atoms with E-state index in [1.165, 1.54) is 19.1 Å². The second-order valence-corrected chi connectivity index (χ2v) is 7.38. The Morgan fingerprint density at radius 1 is 1.32 bits per heavy atom. The summed E-state index contributed by atoms with van der Waals surface area (Å²) in [5.41, 5.74) is 1.01. The number of aromatic hydroxyl groups is 2. The van der Waals surface area contributed by atoms with Crippen molar-refractivity contribution in [2.45, 2.75) is 57.5 Å². The minimum Gasteiger partial charge on any atom is -0.504 e. The highest BCUT2D eigenvalue weighted by Gasteiger charge is 2.51. The van der Waals surface area contributed by atoms with Gasteiger partial charge in [0.1, 0.15) is 6.10 Å². The van der Waals surface area contributed by atoms with Crippen LogP contribution in [0, 0.1) is 5.92 Å². The minimum atomic E-state index is -0.736. The van der Waals surface area contributed by atoms with Crippen molar-refractivity contribution in [2.75, 3.05) is 0 Å². The summed E-state index contributed by atoms with van der Waals surface area (Å²) in [7, 11) is 0. The lowest BCUT2D eigenvalue weighted by atomic mass is 9.68. The van der Waals surface area contributed by atoms with Crippen molar-refractivity contribution in [1.29, 1.82) is 0 Å². The van der Waals surface area contributed by atoms with E-state index < -0.39 is 23.9 Å². The molecule has 4 N–H and O–H groups in total. The topological polar surface area (TPSA) is 99.0 Å². The van der Waals surface area contributed by atoms with E-state index in [1.54, 1.807) is 6.07 Å². The smallest absolute Gasteiger partial charge is 0.217 e. The summed E-state index contributed by atoms with van der Waals surface area (Å²) < 4.78 is 6.20. The Morgan fingerprint density at radius 2 is 2.04 bits per heavy atom. The van der Waals surface area contributed by atoms with Crippen molar-refractivity contribution in [3.05, 3.63) is 35.4 Å². The average Bonchev–Trinajstić information content (AvgIpc) is 2.52. The van der Waals surface area contributed by atoms with E-state index in [0.29, 0.717) is 12.0 Å². The van der Waals surface area contributed by atoms with Crippen LogP contribution < -0.4 is 5.32 Å². The first-order chi connectivity index (χ1) is 11.7. The summed E-state index contributed by atoms with van der Waals surface area (Å²) in [6, 6.07) is 4.57. The van der Waals surface area contributed by atoms with E-state index in [4.69, 9.17) is 4.74 Å². The molecule has 0 aromatic heterocycles. The molecule has 0 spiro atoms. The minimum absolute atomic E-state index is 0.0444. The monoisotopic (exact) mass is 347 g/mol. The fraction of sp³-hybridized carbons (Fsp3) is 0.526. The predicted molar refractivity (Wildman–Crippen MR) is 92.1 cm³/mol. The predicted octanol–water partition coefficient (Wildman–Crippen LogP) is 2.15. The number of nitrogens with one attached hydrogen (secondary N) is 1. The molecule has 6 nitrogen and oxygen atoms in total. The van der Waals surface area contributed by atoms with Crippen LogP contribution in [0.25, 0.3) is 0 Å². The van der Waals surface area contributed by atoms with Gasteiger partial charge in [-0.1, -0.05) is 12.1 Å². The van der Waals surface area contributed by atoms with Gasteiger partial charge in [0.05, 0.1) is 12.2 Å². The fourth-order valence-corrected chi connectivity index (χ4v) is 4.10. The van der Waals surface area contributed by atoms with Crippen LogP contribution in [-0.4, -0.2) is 39.0 Å². The molecule has 0 unspecified atom stereocenters. The number of hydrogen-bond donors (Lipinski definition) is 4. The zero-order valence-electron chi connectivity index (χ0n) is 14.7. The third-order valence-electron chi connectivity index (χ3n) is 5.45. The van der Waals surface area contributed by atoms with Gasteiger partial charge in [-0.05, 0) is 43.5 Å². The third-order valence-corrected chi connectivity index (χ3v) is 5.45. The first kappa shape index (κ1) is 17.8. The second-order valence-electron chi connectivity index (χ2n) is 7.38. The Hall–Kier alpha value is -2.05. The first-order valence-corrected chi connectivity index (χ1v) is 8.52. The largest absolute Gasteiger partial charge is 0.504 e. The third kappa shape index (κ3) is 3.24. The molecular weight excluding hydrogens is 322 g/mol. The van der Waals surface area contributed by atoms with Gasteiger partial charge in [0.25, 0.3) is 0 Å². The molecule has 1 aromatic rings. The molecule has 0 saturated carbocycles. The maximum absolute atomic E-state index is 11.8. The van der Waals surface area contributed by atoms with Crippen molar-refractivity contribution < 1.29 is 24.9 Å². The van der Waals surface area contributed by atoms with Crippen molar-refractivity contribution in [2.24, 2.45) is 5.92 Å². The van der Waals surface area contributed by atoms with Gasteiger partial charge < -0.3 is 25.4 Å². The Labute approximate surface area is 147 Å². The molecule has 1 aliphatic carbocycles. The lowest BCUT2D eigenvalue weighted by molar-refractivity contribution is -0.165. The van der Waals surface area contributed by atoms with E-state index in [1.807, 2.05) is 19.9 Å². The molecule has 2 aliphatic rings. The van der Waals surface area contributed by atoms with Crippen LogP contribution in [0.15, 0.2) is 29.8 Å². The average molecular weight is 347 g/mol. The number of amides is 1. The van der Waals surface area contributed by atoms with Crippen LogP contribution in [0.2, 0.25) is 0 Å². The Bertz CT molecular complexity index is 716. The summed E-state index contributed by atoms with van der Waals surface area (Å²) in [5, 5.41) is 33.0. The number of phenols is 2. The van der Waals surface area contributed by atoms with Gasteiger partial charge in [-0.15, -0.1) is 0 Å². The summed E-state index contributed by atoms with van der Waals surface area (Å²) in [5.74, 6) is -0.587. The van der Waals surface area contributed by atoms with Gasteiger partial charge >= 0.3 is 0 Å². The summed E-state index contributed by atoms with van der Waals surface area (Å²) in [6.45, 7) is 5.33. The zero-order valence-corrected chi connectivity index (χ0v) is 14.7. The highest BCUT2D eigenvalue weighted by Crippen LogP contribution is 2.47. The number of carbonyl (C=O) groups excluding carboxylic acids is 1. The maximum Gasteiger partial charge on any atom is 0.217 e. The molecular formula is C19H25NO5.